The standard InChI is InChI=1S/C14H15F3N2O2/c1-3-21-12(20)13(18,14(15,16)17)10-7-19-11-6-8(2)4-5-9(10)11/h4-7,19H,3,18H2,1-2H3. The lowest BCUT2D eigenvalue weighted by molar-refractivity contribution is -0.208. The van der Waals surface area contributed by atoms with Gasteiger partial charge in [-0.2, -0.15) is 13.2 Å². The van der Waals surface area contributed by atoms with Gasteiger partial charge >= 0.3 is 12.1 Å². The highest BCUT2D eigenvalue weighted by atomic mass is 19.4. The van der Waals surface area contributed by atoms with E-state index in [1.54, 1.807) is 12.1 Å². The number of rotatable bonds is 3. The molecule has 0 radical (unpaired) electrons. The van der Waals surface area contributed by atoms with Crippen LogP contribution in [0.3, 0.4) is 0 Å². The molecule has 114 valence electrons. The van der Waals surface area contributed by atoms with E-state index in [2.05, 4.69) is 9.72 Å². The molecule has 2 aromatic rings. The molecule has 0 spiro atoms. The summed E-state index contributed by atoms with van der Waals surface area (Å²) < 4.78 is 44.8. The Balaban J connectivity index is 2.68. The van der Waals surface area contributed by atoms with Gasteiger partial charge in [-0.05, 0) is 25.5 Å². The van der Waals surface area contributed by atoms with E-state index in [1.807, 2.05) is 6.92 Å². The predicted molar refractivity (Wildman–Crippen MR) is 71.6 cm³/mol. The fourth-order valence-electron chi connectivity index (χ4n) is 2.19. The molecule has 1 heterocycles. The lowest BCUT2D eigenvalue weighted by atomic mass is 9.89. The molecule has 0 saturated carbocycles. The van der Waals surface area contributed by atoms with E-state index in [1.165, 1.54) is 13.0 Å². The average molecular weight is 300 g/mol. The molecular formula is C14H15F3N2O2. The van der Waals surface area contributed by atoms with Crippen LogP contribution >= 0.6 is 0 Å². The van der Waals surface area contributed by atoms with Crippen LogP contribution in [-0.4, -0.2) is 23.7 Å². The Kier molecular flexibility index (Phi) is 3.71. The van der Waals surface area contributed by atoms with Crippen LogP contribution < -0.4 is 5.73 Å². The number of hydrogen-bond acceptors (Lipinski definition) is 3. The summed E-state index contributed by atoms with van der Waals surface area (Å²) >= 11 is 0. The number of carbonyl (C=O) groups is 1. The van der Waals surface area contributed by atoms with E-state index >= 15 is 0 Å². The first kappa shape index (κ1) is 15.4. The zero-order valence-corrected chi connectivity index (χ0v) is 11.5. The van der Waals surface area contributed by atoms with Crippen molar-refractivity contribution in [2.45, 2.75) is 25.6 Å². The van der Waals surface area contributed by atoms with Gasteiger partial charge in [0.05, 0.1) is 6.61 Å². The van der Waals surface area contributed by atoms with Gasteiger partial charge in [-0.1, -0.05) is 12.1 Å². The first-order valence-electron chi connectivity index (χ1n) is 6.33. The van der Waals surface area contributed by atoms with E-state index in [4.69, 9.17) is 5.73 Å². The highest BCUT2D eigenvalue weighted by molar-refractivity contribution is 5.93. The minimum atomic E-state index is -4.97. The van der Waals surface area contributed by atoms with Gasteiger partial charge in [0, 0.05) is 22.7 Å². The number of carbonyl (C=O) groups excluding carboxylic acids is 1. The van der Waals surface area contributed by atoms with Gasteiger partial charge in [-0.15, -0.1) is 0 Å². The third-order valence-electron chi connectivity index (χ3n) is 3.31. The van der Waals surface area contributed by atoms with Crippen LogP contribution in [0.5, 0.6) is 0 Å². The van der Waals surface area contributed by atoms with Crippen LogP contribution in [0.4, 0.5) is 13.2 Å². The van der Waals surface area contributed by atoms with Crippen molar-refractivity contribution in [3.63, 3.8) is 0 Å². The Morgan fingerprint density at radius 2 is 2.05 bits per heavy atom. The molecule has 4 nitrogen and oxygen atoms in total. The summed E-state index contributed by atoms with van der Waals surface area (Å²) in [5.41, 5.74) is 3.27. The molecule has 1 unspecified atom stereocenters. The molecule has 0 aliphatic heterocycles. The molecule has 7 heteroatoms. The number of aromatic amines is 1. The van der Waals surface area contributed by atoms with Crippen LogP contribution in [0.25, 0.3) is 10.9 Å². The van der Waals surface area contributed by atoms with Crippen molar-refractivity contribution < 1.29 is 22.7 Å². The number of aryl methyl sites for hydroxylation is 1. The normalized spacial score (nSPS) is 15.0. The molecule has 0 bridgehead atoms. The van der Waals surface area contributed by atoms with Crippen LogP contribution in [0, 0.1) is 6.92 Å². The van der Waals surface area contributed by atoms with Gasteiger partial charge in [0.15, 0.2) is 0 Å². The van der Waals surface area contributed by atoms with Crippen molar-refractivity contribution in [2.75, 3.05) is 6.61 Å². The average Bonchev–Trinajstić information content (AvgIpc) is 2.79. The zero-order chi connectivity index (χ0) is 15.8. The number of hydrogen-bond donors (Lipinski definition) is 2. The van der Waals surface area contributed by atoms with Gasteiger partial charge in [0.2, 0.25) is 5.54 Å². The highest BCUT2D eigenvalue weighted by Crippen LogP contribution is 2.41. The highest BCUT2D eigenvalue weighted by Gasteiger charge is 2.61. The van der Waals surface area contributed by atoms with Crippen molar-refractivity contribution in [1.82, 2.24) is 4.98 Å². The number of aromatic nitrogens is 1. The van der Waals surface area contributed by atoms with Crippen molar-refractivity contribution in [3.8, 4) is 0 Å². The van der Waals surface area contributed by atoms with Gasteiger partial charge in [0.25, 0.3) is 0 Å². The Bertz CT molecular complexity index is 678. The van der Waals surface area contributed by atoms with Crippen molar-refractivity contribution >= 4 is 16.9 Å². The van der Waals surface area contributed by atoms with E-state index in [9.17, 15) is 18.0 Å². The minimum absolute atomic E-state index is 0.185. The smallest absolute Gasteiger partial charge is 0.421 e. The Hall–Kier alpha value is -2.02. The number of fused-ring (bicyclic) bond motifs is 1. The number of alkyl halides is 3. The monoisotopic (exact) mass is 300 g/mol. The number of ether oxygens (including phenoxy) is 1. The van der Waals surface area contributed by atoms with Gasteiger partial charge in [-0.3, -0.25) is 0 Å². The molecule has 0 amide bonds. The maximum atomic E-state index is 13.4. The van der Waals surface area contributed by atoms with Crippen molar-refractivity contribution in [2.24, 2.45) is 5.73 Å². The second-order valence-electron chi connectivity index (χ2n) is 4.78. The summed E-state index contributed by atoms with van der Waals surface area (Å²) in [6, 6.07) is 4.84. The Morgan fingerprint density at radius 3 is 2.62 bits per heavy atom. The van der Waals surface area contributed by atoms with Crippen molar-refractivity contribution in [1.29, 1.82) is 0 Å². The molecular weight excluding hydrogens is 285 g/mol. The molecule has 0 aliphatic rings. The molecule has 0 fully saturated rings. The summed E-state index contributed by atoms with van der Waals surface area (Å²) in [6.45, 7) is 3.05. The topological polar surface area (TPSA) is 68.1 Å². The van der Waals surface area contributed by atoms with E-state index < -0.39 is 17.7 Å². The first-order valence-corrected chi connectivity index (χ1v) is 6.33. The summed E-state index contributed by atoms with van der Waals surface area (Å²) in [4.78, 5) is 14.6. The molecule has 1 atom stereocenters. The number of halogens is 3. The second-order valence-corrected chi connectivity index (χ2v) is 4.78. The first-order chi connectivity index (χ1) is 9.71. The van der Waals surface area contributed by atoms with Crippen LogP contribution in [0.1, 0.15) is 18.1 Å². The van der Waals surface area contributed by atoms with Gasteiger partial charge in [0.1, 0.15) is 0 Å². The molecule has 0 saturated heterocycles. The fourth-order valence-corrected chi connectivity index (χ4v) is 2.19. The van der Waals surface area contributed by atoms with Crippen LogP contribution in [-0.2, 0) is 15.1 Å². The Morgan fingerprint density at radius 1 is 1.38 bits per heavy atom. The Labute approximate surface area is 119 Å². The lowest BCUT2D eigenvalue weighted by Crippen LogP contribution is -2.57. The number of nitrogens with two attached hydrogens (primary N) is 1. The van der Waals surface area contributed by atoms with Gasteiger partial charge in [-0.25, -0.2) is 4.79 Å². The van der Waals surface area contributed by atoms with Crippen LogP contribution in [0.15, 0.2) is 24.4 Å². The molecule has 1 aromatic heterocycles. The largest absolute Gasteiger partial charge is 0.464 e. The zero-order valence-electron chi connectivity index (χ0n) is 11.5. The number of benzene rings is 1. The third-order valence-corrected chi connectivity index (χ3v) is 3.31. The molecule has 0 aliphatic carbocycles. The second kappa shape index (κ2) is 5.07. The van der Waals surface area contributed by atoms with E-state index in [0.717, 1.165) is 11.8 Å². The SMILES string of the molecule is CCOC(=O)C(N)(c1c[nH]c2cc(C)ccc12)C(F)(F)F. The maximum Gasteiger partial charge on any atom is 0.421 e. The number of H-pyrrole nitrogens is 1. The number of nitrogens with one attached hydrogen (secondary N) is 1. The summed E-state index contributed by atoms with van der Waals surface area (Å²) in [6.07, 6.45) is -3.87. The molecule has 3 N–H and O–H groups in total. The summed E-state index contributed by atoms with van der Waals surface area (Å²) in [7, 11) is 0. The van der Waals surface area contributed by atoms with Crippen molar-refractivity contribution in [3.05, 3.63) is 35.5 Å². The fraction of sp³-hybridized carbons (Fsp3) is 0.357. The summed E-state index contributed by atoms with van der Waals surface area (Å²) in [5, 5.41) is 0.244. The lowest BCUT2D eigenvalue weighted by Gasteiger charge is -2.29. The molecule has 21 heavy (non-hydrogen) atoms. The predicted octanol–water partition coefficient (Wildman–Crippen LogP) is 2.76. The van der Waals surface area contributed by atoms with E-state index in [0.29, 0.717) is 5.52 Å². The quantitative estimate of drug-likeness (QED) is 0.856. The van der Waals surface area contributed by atoms with E-state index in [-0.39, 0.29) is 17.6 Å². The molecule has 1 aromatic carbocycles. The molecule has 2 rings (SSSR count). The maximum absolute atomic E-state index is 13.4. The minimum Gasteiger partial charge on any atom is -0.464 e. The third kappa shape index (κ3) is 2.37. The van der Waals surface area contributed by atoms with Crippen LogP contribution in [0.2, 0.25) is 0 Å². The van der Waals surface area contributed by atoms with Gasteiger partial charge < -0.3 is 15.5 Å². The summed E-state index contributed by atoms with van der Waals surface area (Å²) in [5.74, 6) is -1.51. The number of esters is 1.